The molecule has 2 heterocycles. The Morgan fingerprint density at radius 2 is 1.87 bits per heavy atom. The van der Waals surface area contributed by atoms with Crippen molar-refractivity contribution < 1.29 is 14.6 Å². The first-order valence-electron chi connectivity index (χ1n) is 9.53. The zero-order valence-corrected chi connectivity index (χ0v) is 18.0. The van der Waals surface area contributed by atoms with Crippen molar-refractivity contribution in [2.75, 3.05) is 0 Å². The third kappa shape index (κ3) is 3.51. The number of aliphatic carboxylic acids is 1. The van der Waals surface area contributed by atoms with Gasteiger partial charge in [-0.05, 0) is 49.9 Å². The largest absolute Gasteiger partial charge is 0.479 e. The summed E-state index contributed by atoms with van der Waals surface area (Å²) in [5.41, 5.74) is 3.50. The number of ether oxygens (including phenoxy) is 1. The molecule has 2 aromatic carbocycles. The Bertz CT molecular complexity index is 1330. The van der Waals surface area contributed by atoms with Crippen molar-refractivity contribution in [2.24, 2.45) is 7.05 Å². The summed E-state index contributed by atoms with van der Waals surface area (Å²) >= 11 is 1.51. The van der Waals surface area contributed by atoms with Gasteiger partial charge in [0.15, 0.2) is 6.10 Å². The Kier molecular flexibility index (Phi) is 4.95. The van der Waals surface area contributed by atoms with Gasteiger partial charge in [-0.25, -0.2) is 9.78 Å². The van der Waals surface area contributed by atoms with Gasteiger partial charge in [0.1, 0.15) is 0 Å². The van der Waals surface area contributed by atoms with Gasteiger partial charge in [-0.1, -0.05) is 24.3 Å². The number of nitrogens with zero attached hydrogens (tertiary/aromatic N) is 2. The second-order valence-corrected chi connectivity index (χ2v) is 9.04. The number of fused-ring (bicyclic) bond motifs is 2. The van der Waals surface area contributed by atoms with Gasteiger partial charge in [-0.3, -0.25) is 4.79 Å². The first-order chi connectivity index (χ1) is 14.2. The maximum absolute atomic E-state index is 13.1. The molecule has 2 aromatic heterocycles. The fourth-order valence-electron chi connectivity index (χ4n) is 3.68. The third-order valence-corrected chi connectivity index (χ3v) is 5.70. The van der Waals surface area contributed by atoms with E-state index in [0.717, 1.165) is 15.8 Å². The normalized spacial score (nSPS) is 13.1. The van der Waals surface area contributed by atoms with Gasteiger partial charge in [0.25, 0.3) is 5.56 Å². The zero-order chi connectivity index (χ0) is 21.6. The number of aromatic nitrogens is 2. The van der Waals surface area contributed by atoms with Crippen LogP contribution in [-0.2, 0) is 16.6 Å². The molecule has 0 radical (unpaired) electrons. The van der Waals surface area contributed by atoms with Crippen LogP contribution in [-0.4, -0.2) is 26.2 Å². The summed E-state index contributed by atoms with van der Waals surface area (Å²) in [4.78, 5) is 29.7. The van der Waals surface area contributed by atoms with Crippen LogP contribution in [0.5, 0.6) is 0 Å². The average molecular weight is 423 g/mol. The highest BCUT2D eigenvalue weighted by atomic mass is 32.1. The molecule has 4 aromatic rings. The molecule has 154 valence electrons. The van der Waals surface area contributed by atoms with Crippen LogP contribution in [0, 0.1) is 0 Å². The van der Waals surface area contributed by atoms with Crippen molar-refractivity contribution in [3.63, 3.8) is 0 Å². The SMILES string of the molecule is Cn1c(C(OC(C)(C)C)C(=O)O)c(-c2ccc3ncsc3c2)c2ccccc2c1=O. The molecule has 0 spiro atoms. The lowest BCUT2D eigenvalue weighted by Gasteiger charge is -2.28. The molecule has 1 N–H and O–H groups in total. The molecule has 1 unspecified atom stereocenters. The number of carbonyl (C=O) groups is 1. The summed E-state index contributed by atoms with van der Waals surface area (Å²) in [7, 11) is 1.60. The van der Waals surface area contributed by atoms with E-state index >= 15 is 0 Å². The van der Waals surface area contributed by atoms with Crippen molar-refractivity contribution in [1.82, 2.24) is 9.55 Å². The number of hydrogen-bond donors (Lipinski definition) is 1. The first kappa shape index (κ1) is 20.3. The Labute approximate surface area is 177 Å². The van der Waals surface area contributed by atoms with E-state index in [9.17, 15) is 14.7 Å². The van der Waals surface area contributed by atoms with Crippen molar-refractivity contribution in [3.8, 4) is 11.1 Å². The van der Waals surface area contributed by atoms with Crippen LogP contribution in [0.15, 0.2) is 52.8 Å². The number of thiazole rings is 1. The number of hydrogen-bond acceptors (Lipinski definition) is 5. The van der Waals surface area contributed by atoms with Crippen molar-refractivity contribution in [3.05, 3.63) is 64.0 Å². The predicted octanol–water partition coefficient (Wildman–Crippen LogP) is 4.76. The molecule has 0 saturated carbocycles. The van der Waals surface area contributed by atoms with Gasteiger partial charge >= 0.3 is 5.97 Å². The monoisotopic (exact) mass is 422 g/mol. The lowest BCUT2D eigenvalue weighted by atomic mass is 9.94. The fraction of sp³-hybridized carbons (Fsp3) is 0.261. The number of carboxylic acid groups (broad SMARTS) is 1. The Balaban J connectivity index is 2.13. The summed E-state index contributed by atoms with van der Waals surface area (Å²) in [6.07, 6.45) is -1.31. The van der Waals surface area contributed by atoms with E-state index in [0.29, 0.717) is 22.0 Å². The van der Waals surface area contributed by atoms with E-state index in [1.54, 1.807) is 45.5 Å². The smallest absolute Gasteiger partial charge is 0.339 e. The number of carboxylic acids is 1. The minimum Gasteiger partial charge on any atom is -0.479 e. The molecule has 0 aliphatic heterocycles. The lowest BCUT2D eigenvalue weighted by molar-refractivity contribution is -0.161. The molecule has 0 aliphatic rings. The second kappa shape index (κ2) is 7.34. The summed E-state index contributed by atoms with van der Waals surface area (Å²) in [5.74, 6) is -1.14. The number of pyridine rings is 1. The lowest BCUT2D eigenvalue weighted by Crippen LogP contribution is -2.32. The van der Waals surface area contributed by atoms with Crippen molar-refractivity contribution in [2.45, 2.75) is 32.5 Å². The fourth-order valence-corrected chi connectivity index (χ4v) is 4.40. The molecule has 0 saturated heterocycles. The van der Waals surface area contributed by atoms with Gasteiger partial charge in [0.2, 0.25) is 0 Å². The van der Waals surface area contributed by atoms with Crippen LogP contribution in [0.3, 0.4) is 0 Å². The van der Waals surface area contributed by atoms with E-state index in [1.165, 1.54) is 15.9 Å². The predicted molar refractivity (Wildman–Crippen MR) is 119 cm³/mol. The van der Waals surface area contributed by atoms with Crippen LogP contribution in [0.25, 0.3) is 32.1 Å². The van der Waals surface area contributed by atoms with Gasteiger partial charge in [0.05, 0.1) is 27.0 Å². The Hall–Kier alpha value is -3.03. The number of benzene rings is 2. The van der Waals surface area contributed by atoms with Gasteiger partial charge in [-0.15, -0.1) is 11.3 Å². The van der Waals surface area contributed by atoms with Crippen LogP contribution >= 0.6 is 11.3 Å². The summed E-state index contributed by atoms with van der Waals surface area (Å²) < 4.78 is 8.32. The maximum Gasteiger partial charge on any atom is 0.339 e. The van der Waals surface area contributed by atoms with Crippen LogP contribution in [0.2, 0.25) is 0 Å². The van der Waals surface area contributed by atoms with Gasteiger partial charge in [0, 0.05) is 18.0 Å². The zero-order valence-electron chi connectivity index (χ0n) is 17.2. The molecule has 0 bridgehead atoms. The quantitative estimate of drug-likeness (QED) is 0.513. The highest BCUT2D eigenvalue weighted by Crippen LogP contribution is 2.38. The highest BCUT2D eigenvalue weighted by molar-refractivity contribution is 7.16. The highest BCUT2D eigenvalue weighted by Gasteiger charge is 2.32. The van der Waals surface area contributed by atoms with E-state index in [2.05, 4.69) is 4.98 Å². The minimum absolute atomic E-state index is 0.257. The van der Waals surface area contributed by atoms with E-state index in [4.69, 9.17) is 4.74 Å². The van der Waals surface area contributed by atoms with E-state index < -0.39 is 17.7 Å². The number of rotatable bonds is 4. The minimum atomic E-state index is -1.31. The summed E-state index contributed by atoms with van der Waals surface area (Å²) in [6.45, 7) is 5.39. The molecular formula is C23H22N2O4S. The molecule has 1 atom stereocenters. The average Bonchev–Trinajstić information content (AvgIpc) is 3.16. The Morgan fingerprint density at radius 3 is 2.53 bits per heavy atom. The van der Waals surface area contributed by atoms with E-state index in [-0.39, 0.29) is 5.56 Å². The molecule has 6 nitrogen and oxygen atoms in total. The van der Waals surface area contributed by atoms with Gasteiger partial charge < -0.3 is 14.4 Å². The molecule has 0 fully saturated rings. The van der Waals surface area contributed by atoms with Gasteiger partial charge in [-0.2, -0.15) is 0 Å². The summed E-state index contributed by atoms with van der Waals surface area (Å²) in [5, 5.41) is 11.3. The van der Waals surface area contributed by atoms with Crippen LogP contribution in [0.4, 0.5) is 0 Å². The Morgan fingerprint density at radius 1 is 1.17 bits per heavy atom. The molecule has 7 heteroatoms. The van der Waals surface area contributed by atoms with E-state index in [1.807, 2.05) is 30.3 Å². The standard InChI is InChI=1S/C23H22N2O4S/c1-23(2,3)29-20(22(27)28)19-18(13-9-10-16-17(11-13)30-12-24-16)14-7-5-6-8-15(14)21(26)25(19)4/h5-12,20H,1-4H3,(H,27,28). The van der Waals surface area contributed by atoms with Crippen LogP contribution < -0.4 is 5.56 Å². The maximum atomic E-state index is 13.1. The van der Waals surface area contributed by atoms with Crippen LogP contribution in [0.1, 0.15) is 32.6 Å². The van der Waals surface area contributed by atoms with Crippen molar-refractivity contribution in [1.29, 1.82) is 0 Å². The second-order valence-electron chi connectivity index (χ2n) is 8.15. The summed E-state index contributed by atoms with van der Waals surface area (Å²) in [6, 6.07) is 13.1. The molecule has 0 aliphatic carbocycles. The molecule has 30 heavy (non-hydrogen) atoms. The molecule has 4 rings (SSSR count). The molecular weight excluding hydrogens is 400 g/mol. The first-order valence-corrected chi connectivity index (χ1v) is 10.4. The third-order valence-electron chi connectivity index (χ3n) is 4.91. The van der Waals surface area contributed by atoms with Crippen molar-refractivity contribution >= 4 is 38.3 Å². The topological polar surface area (TPSA) is 81.4 Å². The molecule has 0 amide bonds.